The number of nitrogens with two attached hydrogens (primary N) is 1. The zero-order chi connectivity index (χ0) is 7.56. The number of nitrogens with zero attached hydrogens (tertiary/aromatic N) is 1. The second kappa shape index (κ2) is 2.49. The van der Waals surface area contributed by atoms with E-state index in [1.165, 1.54) is 0 Å². The topological polar surface area (TPSA) is 92.0 Å². The van der Waals surface area contributed by atoms with Gasteiger partial charge < -0.3 is 15.8 Å². The van der Waals surface area contributed by atoms with E-state index in [0.29, 0.717) is 0 Å². The fraction of sp³-hybridized carbons (Fsp3) is 0.200. The minimum atomic E-state index is -0.395. The summed E-state index contributed by atoms with van der Waals surface area (Å²) in [4.78, 5) is 16.4. The minimum absolute atomic E-state index is 0.115. The Bertz CT molecular complexity index is 280. The Labute approximate surface area is 56.5 Å². The summed E-state index contributed by atoms with van der Waals surface area (Å²) in [6.45, 7) is 0.115. The number of hydrogen-bond donors (Lipinski definition) is 3. The number of aromatic amines is 1. The second-order valence-corrected chi connectivity index (χ2v) is 1.75. The van der Waals surface area contributed by atoms with E-state index in [0.717, 1.165) is 6.07 Å². The average molecular weight is 141 g/mol. The number of nitrogens with one attached hydrogen (secondary N) is 1. The number of H-pyrrole nitrogens is 1. The Morgan fingerprint density at radius 3 is 3.00 bits per heavy atom. The number of aromatic nitrogens is 2. The normalized spacial score (nSPS) is 9.70. The zero-order valence-corrected chi connectivity index (χ0v) is 5.16. The van der Waals surface area contributed by atoms with Crippen molar-refractivity contribution in [1.29, 1.82) is 0 Å². The molecular formula is C5H7N3O2. The standard InChI is InChI=1S/C5H7N3O2/c6-2-3-7-4(9)1-5(10)8-3/h1H,2,6H2,(H2,7,8,9,10). The van der Waals surface area contributed by atoms with E-state index in [1.807, 2.05) is 0 Å². The lowest BCUT2D eigenvalue weighted by Gasteiger charge is -1.93. The van der Waals surface area contributed by atoms with Gasteiger partial charge in [0.25, 0.3) is 5.56 Å². The predicted molar refractivity (Wildman–Crippen MR) is 34.4 cm³/mol. The van der Waals surface area contributed by atoms with Crippen molar-refractivity contribution in [3.05, 3.63) is 22.2 Å². The SMILES string of the molecule is NCc1nc(O)cc(=O)[nH]1. The van der Waals surface area contributed by atoms with Gasteiger partial charge in [0, 0.05) is 0 Å². The van der Waals surface area contributed by atoms with Crippen molar-refractivity contribution >= 4 is 0 Å². The first-order chi connectivity index (χ1) is 4.72. The van der Waals surface area contributed by atoms with Crippen molar-refractivity contribution in [2.24, 2.45) is 5.73 Å². The van der Waals surface area contributed by atoms with Crippen LogP contribution in [0.5, 0.6) is 5.88 Å². The summed E-state index contributed by atoms with van der Waals surface area (Å²) in [6, 6.07) is 0.985. The molecule has 0 amide bonds. The van der Waals surface area contributed by atoms with E-state index in [-0.39, 0.29) is 18.2 Å². The molecule has 5 heteroatoms. The summed E-state index contributed by atoms with van der Waals surface area (Å²) >= 11 is 0. The van der Waals surface area contributed by atoms with E-state index in [1.54, 1.807) is 0 Å². The van der Waals surface area contributed by atoms with Crippen molar-refractivity contribution in [2.45, 2.75) is 6.54 Å². The average Bonchev–Trinajstić information content (AvgIpc) is 1.85. The van der Waals surface area contributed by atoms with Crippen molar-refractivity contribution in [2.75, 3.05) is 0 Å². The maximum Gasteiger partial charge on any atom is 0.254 e. The summed E-state index contributed by atoms with van der Waals surface area (Å²) in [5.74, 6) is -0.0193. The lowest BCUT2D eigenvalue weighted by Crippen LogP contribution is -2.12. The predicted octanol–water partition coefficient (Wildman–Crippen LogP) is -1.07. The highest BCUT2D eigenvalue weighted by Gasteiger charge is 1.94. The first-order valence-corrected chi connectivity index (χ1v) is 2.71. The Balaban J connectivity index is 3.19. The van der Waals surface area contributed by atoms with Crippen LogP contribution < -0.4 is 11.3 Å². The monoisotopic (exact) mass is 141 g/mol. The molecule has 0 aliphatic carbocycles. The van der Waals surface area contributed by atoms with E-state index in [2.05, 4.69) is 9.97 Å². The molecule has 1 rings (SSSR count). The van der Waals surface area contributed by atoms with Crippen LogP contribution in [0.25, 0.3) is 0 Å². The van der Waals surface area contributed by atoms with E-state index >= 15 is 0 Å². The highest BCUT2D eigenvalue weighted by atomic mass is 16.3. The van der Waals surface area contributed by atoms with Gasteiger partial charge in [-0.25, -0.2) is 0 Å². The van der Waals surface area contributed by atoms with E-state index in [4.69, 9.17) is 10.8 Å². The zero-order valence-electron chi connectivity index (χ0n) is 5.16. The van der Waals surface area contributed by atoms with Crippen LogP contribution >= 0.6 is 0 Å². The Kier molecular flexibility index (Phi) is 1.68. The quantitative estimate of drug-likeness (QED) is 0.464. The van der Waals surface area contributed by atoms with Gasteiger partial charge >= 0.3 is 0 Å². The molecule has 1 aromatic heterocycles. The van der Waals surface area contributed by atoms with Crippen molar-refractivity contribution in [3.8, 4) is 5.88 Å². The highest BCUT2D eigenvalue weighted by Crippen LogP contribution is 1.95. The first kappa shape index (κ1) is 6.76. The fourth-order valence-corrected chi connectivity index (χ4v) is 0.591. The number of rotatable bonds is 1. The van der Waals surface area contributed by atoms with Crippen LogP contribution in [0.2, 0.25) is 0 Å². The van der Waals surface area contributed by atoms with Gasteiger partial charge in [0.05, 0.1) is 12.6 Å². The molecule has 1 heterocycles. The highest BCUT2D eigenvalue weighted by molar-refractivity contribution is 5.05. The molecule has 5 nitrogen and oxygen atoms in total. The van der Waals surface area contributed by atoms with Crippen LogP contribution in [0.1, 0.15) is 5.82 Å². The third-order valence-electron chi connectivity index (χ3n) is 0.971. The molecule has 0 fully saturated rings. The van der Waals surface area contributed by atoms with Gasteiger partial charge in [-0.1, -0.05) is 0 Å². The summed E-state index contributed by atoms with van der Waals surface area (Å²) in [6.07, 6.45) is 0. The third kappa shape index (κ3) is 1.32. The first-order valence-electron chi connectivity index (χ1n) is 2.71. The Morgan fingerprint density at radius 2 is 2.50 bits per heavy atom. The summed E-state index contributed by atoms with van der Waals surface area (Å²) in [5, 5.41) is 8.74. The number of aromatic hydroxyl groups is 1. The third-order valence-corrected chi connectivity index (χ3v) is 0.971. The van der Waals surface area contributed by atoms with Crippen molar-refractivity contribution in [1.82, 2.24) is 9.97 Å². The Hall–Kier alpha value is -1.36. The summed E-state index contributed by atoms with van der Waals surface area (Å²) in [7, 11) is 0. The van der Waals surface area contributed by atoms with Crippen molar-refractivity contribution in [3.63, 3.8) is 0 Å². The van der Waals surface area contributed by atoms with Gasteiger partial charge in [-0.2, -0.15) is 4.98 Å². The molecular weight excluding hydrogens is 134 g/mol. The maximum absolute atomic E-state index is 10.6. The summed E-state index contributed by atoms with van der Waals surface area (Å²) in [5.41, 5.74) is 4.75. The molecule has 4 N–H and O–H groups in total. The molecule has 0 aliphatic heterocycles. The molecule has 0 saturated heterocycles. The van der Waals surface area contributed by atoms with Crippen LogP contribution in [-0.4, -0.2) is 15.1 Å². The van der Waals surface area contributed by atoms with Gasteiger partial charge in [0.15, 0.2) is 0 Å². The van der Waals surface area contributed by atoms with Gasteiger partial charge in [-0.3, -0.25) is 4.79 Å². The molecule has 0 aromatic carbocycles. The lowest BCUT2D eigenvalue weighted by atomic mass is 10.5. The fourth-order valence-electron chi connectivity index (χ4n) is 0.591. The van der Waals surface area contributed by atoms with Crippen LogP contribution in [-0.2, 0) is 6.54 Å². The van der Waals surface area contributed by atoms with Gasteiger partial charge in [0.1, 0.15) is 5.82 Å². The molecule has 0 bridgehead atoms. The van der Waals surface area contributed by atoms with Gasteiger partial charge in [-0.15, -0.1) is 0 Å². The Morgan fingerprint density at radius 1 is 1.80 bits per heavy atom. The van der Waals surface area contributed by atoms with Crippen LogP contribution in [0.4, 0.5) is 0 Å². The second-order valence-electron chi connectivity index (χ2n) is 1.75. The van der Waals surface area contributed by atoms with Crippen LogP contribution in [0.15, 0.2) is 10.9 Å². The maximum atomic E-state index is 10.6. The number of hydrogen-bond acceptors (Lipinski definition) is 4. The van der Waals surface area contributed by atoms with E-state index < -0.39 is 5.56 Å². The molecule has 0 aliphatic rings. The molecule has 0 spiro atoms. The molecule has 1 aromatic rings. The molecule has 0 atom stereocenters. The largest absolute Gasteiger partial charge is 0.493 e. The molecule has 0 radical (unpaired) electrons. The smallest absolute Gasteiger partial charge is 0.254 e. The van der Waals surface area contributed by atoms with Gasteiger partial charge in [-0.05, 0) is 0 Å². The van der Waals surface area contributed by atoms with Gasteiger partial charge in [0.2, 0.25) is 5.88 Å². The molecule has 0 unspecified atom stereocenters. The molecule has 0 saturated carbocycles. The van der Waals surface area contributed by atoms with Crippen LogP contribution in [0, 0.1) is 0 Å². The lowest BCUT2D eigenvalue weighted by molar-refractivity contribution is 0.447. The molecule has 54 valence electrons. The minimum Gasteiger partial charge on any atom is -0.493 e. The summed E-state index contributed by atoms with van der Waals surface area (Å²) < 4.78 is 0. The van der Waals surface area contributed by atoms with E-state index in [9.17, 15) is 4.79 Å². The van der Waals surface area contributed by atoms with Crippen molar-refractivity contribution < 1.29 is 5.11 Å². The van der Waals surface area contributed by atoms with Crippen LogP contribution in [0.3, 0.4) is 0 Å². The molecule has 10 heavy (non-hydrogen) atoms.